The normalized spacial score (nSPS) is 31.0. The summed E-state index contributed by atoms with van der Waals surface area (Å²) in [7, 11) is 2.25. The maximum Gasteiger partial charge on any atom is 0.0347 e. The van der Waals surface area contributed by atoms with Crippen LogP contribution in [-0.2, 0) is 0 Å². The lowest BCUT2D eigenvalue weighted by Gasteiger charge is -2.44. The maximum atomic E-state index is 6.24. The van der Waals surface area contributed by atoms with Gasteiger partial charge in [0.1, 0.15) is 0 Å². The van der Waals surface area contributed by atoms with Gasteiger partial charge in [-0.15, -0.1) is 0 Å². The molecular formula is C15H31N3. The summed E-state index contributed by atoms with van der Waals surface area (Å²) in [6.07, 6.45) is 6.63. The second kappa shape index (κ2) is 5.89. The van der Waals surface area contributed by atoms with Gasteiger partial charge in [-0.1, -0.05) is 13.8 Å². The zero-order valence-corrected chi connectivity index (χ0v) is 12.5. The predicted octanol–water partition coefficient (Wildman–Crippen LogP) is 1.92. The van der Waals surface area contributed by atoms with Gasteiger partial charge >= 0.3 is 0 Å². The highest BCUT2D eigenvalue weighted by molar-refractivity contribution is 5.01. The van der Waals surface area contributed by atoms with Gasteiger partial charge in [0.25, 0.3) is 0 Å². The van der Waals surface area contributed by atoms with Crippen LogP contribution >= 0.6 is 0 Å². The van der Waals surface area contributed by atoms with Crippen LogP contribution in [0.4, 0.5) is 0 Å². The van der Waals surface area contributed by atoms with E-state index in [1.165, 1.54) is 51.7 Å². The number of hydrogen-bond acceptors (Lipinski definition) is 3. The second-order valence-electron chi connectivity index (χ2n) is 6.86. The topological polar surface area (TPSA) is 32.5 Å². The predicted molar refractivity (Wildman–Crippen MR) is 77.7 cm³/mol. The molecule has 18 heavy (non-hydrogen) atoms. The van der Waals surface area contributed by atoms with E-state index in [1.807, 2.05) is 0 Å². The van der Waals surface area contributed by atoms with Crippen molar-refractivity contribution < 1.29 is 0 Å². The van der Waals surface area contributed by atoms with Crippen molar-refractivity contribution in [1.82, 2.24) is 9.80 Å². The number of likely N-dealkylation sites (tertiary alicyclic amines) is 1. The van der Waals surface area contributed by atoms with Crippen LogP contribution in [-0.4, -0.2) is 54.6 Å². The fraction of sp³-hybridized carbons (Fsp3) is 1.00. The van der Waals surface area contributed by atoms with E-state index in [1.54, 1.807) is 0 Å². The molecule has 1 heterocycles. The Hall–Kier alpha value is -0.120. The van der Waals surface area contributed by atoms with Crippen LogP contribution in [0.3, 0.4) is 0 Å². The summed E-state index contributed by atoms with van der Waals surface area (Å²) in [4.78, 5) is 5.26. The lowest BCUT2D eigenvalue weighted by Crippen LogP contribution is -2.56. The Morgan fingerprint density at radius 3 is 2.56 bits per heavy atom. The highest BCUT2D eigenvalue weighted by atomic mass is 15.3. The zero-order chi connectivity index (χ0) is 13.2. The minimum absolute atomic E-state index is 0.288. The summed E-state index contributed by atoms with van der Waals surface area (Å²) in [5.41, 5.74) is 6.52. The summed E-state index contributed by atoms with van der Waals surface area (Å²) in [5, 5.41) is 0. The smallest absolute Gasteiger partial charge is 0.0347 e. The fourth-order valence-electron chi connectivity index (χ4n) is 3.43. The van der Waals surface area contributed by atoms with E-state index >= 15 is 0 Å². The van der Waals surface area contributed by atoms with E-state index < -0.39 is 0 Å². The quantitative estimate of drug-likeness (QED) is 0.812. The van der Waals surface area contributed by atoms with Crippen LogP contribution in [0.2, 0.25) is 0 Å². The van der Waals surface area contributed by atoms with E-state index in [2.05, 4.69) is 30.7 Å². The molecule has 0 radical (unpaired) electrons. The van der Waals surface area contributed by atoms with Gasteiger partial charge in [0.05, 0.1) is 0 Å². The molecule has 3 heteroatoms. The standard InChI is InChI=1S/C15H31N3/c1-13(2)11-18(14-5-6-14)15(12-16)7-4-9-17(3)10-8-15/h13-14H,4-12,16H2,1-3H3. The third-order valence-corrected chi connectivity index (χ3v) is 4.68. The van der Waals surface area contributed by atoms with Crippen molar-refractivity contribution in [2.45, 2.75) is 57.5 Å². The summed E-state index contributed by atoms with van der Waals surface area (Å²) < 4.78 is 0. The van der Waals surface area contributed by atoms with Gasteiger partial charge in [-0.05, 0) is 58.2 Å². The number of rotatable bonds is 5. The average Bonchev–Trinajstić information content (AvgIpc) is 3.14. The first-order chi connectivity index (χ1) is 8.57. The van der Waals surface area contributed by atoms with E-state index in [0.29, 0.717) is 0 Å². The monoisotopic (exact) mass is 253 g/mol. The minimum Gasteiger partial charge on any atom is -0.329 e. The Bertz CT molecular complexity index is 262. The molecule has 3 nitrogen and oxygen atoms in total. The molecule has 2 rings (SSSR count). The molecule has 1 aliphatic heterocycles. The van der Waals surface area contributed by atoms with Crippen molar-refractivity contribution in [2.24, 2.45) is 11.7 Å². The van der Waals surface area contributed by atoms with Crippen molar-refractivity contribution in [3.63, 3.8) is 0 Å². The summed E-state index contributed by atoms with van der Waals surface area (Å²) in [6, 6.07) is 0.833. The summed E-state index contributed by atoms with van der Waals surface area (Å²) in [5.74, 6) is 0.745. The molecule has 1 unspecified atom stereocenters. The molecular weight excluding hydrogens is 222 g/mol. The maximum absolute atomic E-state index is 6.24. The molecule has 2 aliphatic rings. The Kier molecular flexibility index (Phi) is 4.68. The van der Waals surface area contributed by atoms with E-state index in [0.717, 1.165) is 18.5 Å². The first-order valence-electron chi connectivity index (χ1n) is 7.73. The lowest BCUT2D eigenvalue weighted by molar-refractivity contribution is 0.0581. The third-order valence-electron chi connectivity index (χ3n) is 4.68. The van der Waals surface area contributed by atoms with Crippen LogP contribution < -0.4 is 5.73 Å². The molecule has 1 saturated heterocycles. The zero-order valence-electron chi connectivity index (χ0n) is 12.5. The van der Waals surface area contributed by atoms with Crippen molar-refractivity contribution in [2.75, 3.05) is 33.2 Å². The Morgan fingerprint density at radius 2 is 2.00 bits per heavy atom. The molecule has 2 fully saturated rings. The Morgan fingerprint density at radius 1 is 1.28 bits per heavy atom. The first-order valence-corrected chi connectivity index (χ1v) is 7.73. The van der Waals surface area contributed by atoms with Crippen molar-refractivity contribution in [3.05, 3.63) is 0 Å². The van der Waals surface area contributed by atoms with Gasteiger partial charge in [-0.2, -0.15) is 0 Å². The van der Waals surface area contributed by atoms with Gasteiger partial charge in [-0.3, -0.25) is 4.90 Å². The number of nitrogens with zero attached hydrogens (tertiary/aromatic N) is 2. The van der Waals surface area contributed by atoms with Gasteiger partial charge in [0.2, 0.25) is 0 Å². The van der Waals surface area contributed by atoms with Crippen molar-refractivity contribution >= 4 is 0 Å². The van der Waals surface area contributed by atoms with Crippen LogP contribution in [0.1, 0.15) is 46.0 Å². The first kappa shape index (κ1) is 14.3. The van der Waals surface area contributed by atoms with Crippen LogP contribution in [0, 0.1) is 5.92 Å². The highest BCUT2D eigenvalue weighted by Crippen LogP contribution is 2.38. The lowest BCUT2D eigenvalue weighted by atomic mass is 9.87. The molecule has 0 amide bonds. The van der Waals surface area contributed by atoms with Crippen molar-refractivity contribution in [1.29, 1.82) is 0 Å². The van der Waals surface area contributed by atoms with Crippen molar-refractivity contribution in [3.8, 4) is 0 Å². The largest absolute Gasteiger partial charge is 0.329 e. The number of hydrogen-bond donors (Lipinski definition) is 1. The SMILES string of the molecule is CC(C)CN(C1CC1)C1(CN)CCCN(C)CC1. The Balaban J connectivity index is 2.11. The Labute approximate surface area is 113 Å². The fourth-order valence-corrected chi connectivity index (χ4v) is 3.43. The molecule has 106 valence electrons. The van der Waals surface area contributed by atoms with Gasteiger partial charge in [0.15, 0.2) is 0 Å². The summed E-state index contributed by atoms with van der Waals surface area (Å²) in [6.45, 7) is 9.18. The third kappa shape index (κ3) is 3.25. The van der Waals surface area contributed by atoms with Gasteiger partial charge in [0, 0.05) is 24.7 Å². The molecule has 0 bridgehead atoms. The summed E-state index contributed by atoms with van der Waals surface area (Å²) >= 11 is 0. The average molecular weight is 253 g/mol. The highest BCUT2D eigenvalue weighted by Gasteiger charge is 2.43. The van der Waals surface area contributed by atoms with Crippen LogP contribution in [0.25, 0.3) is 0 Å². The minimum atomic E-state index is 0.288. The molecule has 1 atom stereocenters. The van der Waals surface area contributed by atoms with E-state index in [-0.39, 0.29) is 5.54 Å². The molecule has 0 aromatic heterocycles. The molecule has 1 aliphatic carbocycles. The van der Waals surface area contributed by atoms with Crippen LogP contribution in [0.15, 0.2) is 0 Å². The number of nitrogens with two attached hydrogens (primary N) is 1. The van der Waals surface area contributed by atoms with Crippen LogP contribution in [0.5, 0.6) is 0 Å². The molecule has 0 aromatic rings. The van der Waals surface area contributed by atoms with E-state index in [4.69, 9.17) is 5.73 Å². The molecule has 0 aromatic carbocycles. The van der Waals surface area contributed by atoms with Gasteiger partial charge < -0.3 is 10.6 Å². The van der Waals surface area contributed by atoms with Gasteiger partial charge in [-0.25, -0.2) is 0 Å². The molecule has 2 N–H and O–H groups in total. The van der Waals surface area contributed by atoms with E-state index in [9.17, 15) is 0 Å². The molecule has 0 spiro atoms. The molecule has 1 saturated carbocycles. The second-order valence-corrected chi connectivity index (χ2v) is 6.86.